The summed E-state index contributed by atoms with van der Waals surface area (Å²) in [5.41, 5.74) is 5.71. The van der Waals surface area contributed by atoms with Crippen molar-refractivity contribution in [2.45, 2.75) is 25.9 Å². The second-order valence-electron chi connectivity index (χ2n) is 7.61. The second-order valence-corrected chi connectivity index (χ2v) is 8.55. The summed E-state index contributed by atoms with van der Waals surface area (Å²) in [6.45, 7) is 9.36. The number of piperazine rings is 1. The molecule has 156 valence electrons. The fourth-order valence-electron chi connectivity index (χ4n) is 3.70. The number of aryl methyl sites for hydroxylation is 3. The van der Waals surface area contributed by atoms with Gasteiger partial charge in [-0.05, 0) is 60.0 Å². The normalized spacial score (nSPS) is 14.2. The zero-order chi connectivity index (χ0) is 21.1. The number of carbonyl (C=O) groups is 1. The quantitative estimate of drug-likeness (QED) is 0.589. The molecule has 2 heterocycles. The van der Waals surface area contributed by atoms with Gasteiger partial charge >= 0.3 is 0 Å². The third kappa shape index (κ3) is 4.33. The van der Waals surface area contributed by atoms with Crippen molar-refractivity contribution >= 4 is 23.4 Å². The van der Waals surface area contributed by atoms with Crippen molar-refractivity contribution in [2.24, 2.45) is 0 Å². The highest BCUT2D eigenvalue weighted by Gasteiger charge is 2.23. The summed E-state index contributed by atoms with van der Waals surface area (Å²) in [6.07, 6.45) is 0. The number of amides is 1. The number of thioether (sulfide) groups is 1. The number of benzene rings is 2. The number of hydrogen-bond donors (Lipinski definition) is 0. The molecular formula is C22H26N6OS. The molecule has 0 aliphatic carbocycles. The first-order valence-electron chi connectivity index (χ1n) is 10.1. The predicted octanol–water partition coefficient (Wildman–Crippen LogP) is 3.03. The molecule has 7 nitrogen and oxygen atoms in total. The van der Waals surface area contributed by atoms with Gasteiger partial charge in [0.1, 0.15) is 0 Å². The first kappa shape index (κ1) is 20.4. The van der Waals surface area contributed by atoms with Gasteiger partial charge in [-0.2, -0.15) is 4.68 Å². The van der Waals surface area contributed by atoms with Gasteiger partial charge < -0.3 is 9.80 Å². The van der Waals surface area contributed by atoms with Crippen LogP contribution in [-0.2, 0) is 4.79 Å². The molecule has 1 saturated heterocycles. The summed E-state index contributed by atoms with van der Waals surface area (Å²) in [4.78, 5) is 17.1. The van der Waals surface area contributed by atoms with Gasteiger partial charge in [0.05, 0.1) is 11.4 Å². The standard InChI is InChI=1S/C22H26N6OS/c1-16-8-9-18(3)20(14-16)28-22(23-24-25-28)30-15-21(29)27-12-10-26(11-13-27)19-7-5-4-6-17(19)2/h4-9,14H,10-13,15H2,1-3H3. The summed E-state index contributed by atoms with van der Waals surface area (Å²) in [5, 5.41) is 12.7. The van der Waals surface area contributed by atoms with Gasteiger partial charge in [-0.25, -0.2) is 0 Å². The van der Waals surface area contributed by atoms with Crippen LogP contribution in [0.1, 0.15) is 16.7 Å². The van der Waals surface area contributed by atoms with Crippen LogP contribution in [-0.4, -0.2) is 62.9 Å². The van der Waals surface area contributed by atoms with Crippen LogP contribution in [0.5, 0.6) is 0 Å². The SMILES string of the molecule is Cc1ccc(C)c(-n2nnnc2SCC(=O)N2CCN(c3ccccc3C)CC2)c1. The van der Waals surface area contributed by atoms with E-state index in [0.29, 0.717) is 10.9 Å². The molecule has 0 bridgehead atoms. The first-order chi connectivity index (χ1) is 14.5. The lowest BCUT2D eigenvalue weighted by Gasteiger charge is -2.36. The third-order valence-corrected chi connectivity index (χ3v) is 6.35. The van der Waals surface area contributed by atoms with E-state index in [0.717, 1.165) is 43.0 Å². The molecular weight excluding hydrogens is 396 g/mol. The summed E-state index contributed by atoms with van der Waals surface area (Å²) in [7, 11) is 0. The molecule has 0 radical (unpaired) electrons. The van der Waals surface area contributed by atoms with Gasteiger partial charge in [0.25, 0.3) is 0 Å². The van der Waals surface area contributed by atoms with Crippen molar-refractivity contribution in [3.8, 4) is 5.69 Å². The van der Waals surface area contributed by atoms with Gasteiger partial charge in [0, 0.05) is 31.9 Å². The average Bonchev–Trinajstić information content (AvgIpc) is 3.22. The summed E-state index contributed by atoms with van der Waals surface area (Å²) < 4.78 is 1.72. The van der Waals surface area contributed by atoms with E-state index in [1.807, 2.05) is 18.7 Å². The molecule has 0 unspecified atom stereocenters. The molecule has 1 aliphatic rings. The first-order valence-corrected chi connectivity index (χ1v) is 11.1. The minimum absolute atomic E-state index is 0.125. The zero-order valence-corrected chi connectivity index (χ0v) is 18.4. The Labute approximate surface area is 181 Å². The van der Waals surface area contributed by atoms with Gasteiger partial charge in [-0.1, -0.05) is 42.1 Å². The van der Waals surface area contributed by atoms with E-state index in [9.17, 15) is 4.79 Å². The second kappa shape index (κ2) is 8.87. The van der Waals surface area contributed by atoms with Crippen LogP contribution in [0.25, 0.3) is 5.69 Å². The zero-order valence-electron chi connectivity index (χ0n) is 17.6. The molecule has 1 aliphatic heterocycles. The van der Waals surface area contributed by atoms with Crippen LogP contribution in [0.2, 0.25) is 0 Å². The van der Waals surface area contributed by atoms with E-state index in [1.165, 1.54) is 23.0 Å². The van der Waals surface area contributed by atoms with Crippen molar-refractivity contribution < 1.29 is 4.79 Å². The average molecular weight is 423 g/mol. The molecule has 1 aromatic heterocycles. The molecule has 30 heavy (non-hydrogen) atoms. The topological polar surface area (TPSA) is 67.2 Å². The molecule has 0 spiro atoms. The number of tetrazole rings is 1. The Bertz CT molecular complexity index is 1040. The molecule has 0 saturated carbocycles. The van der Waals surface area contributed by atoms with Crippen LogP contribution in [0.15, 0.2) is 47.6 Å². The summed E-state index contributed by atoms with van der Waals surface area (Å²) >= 11 is 1.39. The molecule has 1 fully saturated rings. The number of para-hydroxylation sites is 1. The van der Waals surface area contributed by atoms with Crippen LogP contribution < -0.4 is 4.90 Å². The Morgan fingerprint density at radius 1 is 0.967 bits per heavy atom. The van der Waals surface area contributed by atoms with E-state index in [2.05, 4.69) is 69.8 Å². The van der Waals surface area contributed by atoms with Gasteiger partial charge in [0.2, 0.25) is 11.1 Å². The van der Waals surface area contributed by atoms with E-state index < -0.39 is 0 Å². The maximum absolute atomic E-state index is 12.8. The van der Waals surface area contributed by atoms with Crippen molar-refractivity contribution in [3.63, 3.8) is 0 Å². The fourth-order valence-corrected chi connectivity index (χ4v) is 4.49. The van der Waals surface area contributed by atoms with Crippen molar-refractivity contribution in [1.82, 2.24) is 25.1 Å². The van der Waals surface area contributed by atoms with Gasteiger partial charge in [-0.15, -0.1) is 5.10 Å². The van der Waals surface area contributed by atoms with Crippen LogP contribution in [0.3, 0.4) is 0 Å². The third-order valence-electron chi connectivity index (χ3n) is 5.45. The highest BCUT2D eigenvalue weighted by atomic mass is 32.2. The largest absolute Gasteiger partial charge is 0.368 e. The van der Waals surface area contributed by atoms with Crippen LogP contribution in [0, 0.1) is 20.8 Å². The Morgan fingerprint density at radius 3 is 2.47 bits per heavy atom. The molecule has 8 heteroatoms. The van der Waals surface area contributed by atoms with Crippen molar-refractivity contribution in [3.05, 3.63) is 59.2 Å². The number of anilines is 1. The van der Waals surface area contributed by atoms with E-state index in [1.54, 1.807) is 4.68 Å². The molecule has 1 amide bonds. The van der Waals surface area contributed by atoms with Gasteiger partial charge in [0.15, 0.2) is 0 Å². The van der Waals surface area contributed by atoms with Crippen LogP contribution >= 0.6 is 11.8 Å². The highest BCUT2D eigenvalue weighted by Crippen LogP contribution is 2.23. The monoisotopic (exact) mass is 422 g/mol. The Balaban J connectivity index is 1.36. The number of aromatic nitrogens is 4. The van der Waals surface area contributed by atoms with Crippen molar-refractivity contribution in [2.75, 3.05) is 36.8 Å². The highest BCUT2D eigenvalue weighted by molar-refractivity contribution is 7.99. The minimum Gasteiger partial charge on any atom is -0.368 e. The number of rotatable bonds is 5. The lowest BCUT2D eigenvalue weighted by atomic mass is 10.1. The van der Waals surface area contributed by atoms with E-state index >= 15 is 0 Å². The Hall–Kier alpha value is -2.87. The summed E-state index contributed by atoms with van der Waals surface area (Å²) in [5.74, 6) is 0.454. The number of hydrogen-bond acceptors (Lipinski definition) is 6. The minimum atomic E-state index is 0.125. The smallest absolute Gasteiger partial charge is 0.233 e. The molecule has 3 aromatic rings. The maximum Gasteiger partial charge on any atom is 0.233 e. The Morgan fingerprint density at radius 2 is 1.70 bits per heavy atom. The lowest BCUT2D eigenvalue weighted by molar-refractivity contribution is -0.128. The molecule has 0 N–H and O–H groups in total. The van der Waals surface area contributed by atoms with Gasteiger partial charge in [-0.3, -0.25) is 4.79 Å². The Kier molecular flexibility index (Phi) is 6.03. The molecule has 0 atom stereocenters. The number of carbonyl (C=O) groups excluding carboxylic acids is 1. The van der Waals surface area contributed by atoms with E-state index in [-0.39, 0.29) is 5.91 Å². The van der Waals surface area contributed by atoms with Crippen molar-refractivity contribution in [1.29, 1.82) is 0 Å². The predicted molar refractivity (Wildman–Crippen MR) is 119 cm³/mol. The fraction of sp³-hybridized carbons (Fsp3) is 0.364. The molecule has 4 rings (SSSR count). The number of nitrogens with zero attached hydrogens (tertiary/aromatic N) is 6. The van der Waals surface area contributed by atoms with E-state index in [4.69, 9.17) is 0 Å². The van der Waals surface area contributed by atoms with Crippen LogP contribution in [0.4, 0.5) is 5.69 Å². The maximum atomic E-state index is 12.8. The lowest BCUT2D eigenvalue weighted by Crippen LogP contribution is -2.49. The summed E-state index contributed by atoms with van der Waals surface area (Å²) in [6, 6.07) is 14.6. The molecule has 2 aromatic carbocycles.